The lowest BCUT2D eigenvalue weighted by atomic mass is 9.89. The van der Waals surface area contributed by atoms with Crippen molar-refractivity contribution < 1.29 is 14.6 Å². The Bertz CT molecular complexity index is 803. The van der Waals surface area contributed by atoms with E-state index in [4.69, 9.17) is 9.84 Å². The maximum Gasteiger partial charge on any atom is 0.335 e. The van der Waals surface area contributed by atoms with E-state index in [1.165, 1.54) is 11.1 Å². The Morgan fingerprint density at radius 3 is 2.41 bits per heavy atom. The van der Waals surface area contributed by atoms with E-state index in [9.17, 15) is 4.79 Å². The van der Waals surface area contributed by atoms with Gasteiger partial charge in [-0.05, 0) is 54.3 Å². The van der Waals surface area contributed by atoms with Crippen molar-refractivity contribution in [1.29, 1.82) is 0 Å². The first kappa shape index (κ1) is 18.0. The second-order valence-electron chi connectivity index (χ2n) is 7.78. The minimum Gasteiger partial charge on any atom is -0.497 e. The molecular weight excluding hydrogens is 340 g/mol. The van der Waals surface area contributed by atoms with E-state index in [2.05, 4.69) is 29.0 Å². The maximum absolute atomic E-state index is 11.0. The molecular formula is C22H26N2O3. The van der Waals surface area contributed by atoms with Crippen molar-refractivity contribution in [2.24, 2.45) is 11.8 Å². The van der Waals surface area contributed by atoms with Crippen LogP contribution in [0.25, 0.3) is 0 Å². The molecule has 1 N–H and O–H groups in total. The Morgan fingerprint density at radius 2 is 1.78 bits per heavy atom. The molecule has 5 nitrogen and oxygen atoms in total. The summed E-state index contributed by atoms with van der Waals surface area (Å²) >= 11 is 0. The summed E-state index contributed by atoms with van der Waals surface area (Å²) in [4.78, 5) is 16.0. The Hall–Kier alpha value is -2.37. The molecule has 142 valence electrons. The van der Waals surface area contributed by atoms with Gasteiger partial charge in [-0.2, -0.15) is 0 Å². The quantitative estimate of drug-likeness (QED) is 0.881. The lowest BCUT2D eigenvalue weighted by Gasteiger charge is -2.27. The van der Waals surface area contributed by atoms with E-state index in [1.54, 1.807) is 19.2 Å². The molecule has 0 aromatic heterocycles. The number of benzene rings is 2. The summed E-state index contributed by atoms with van der Waals surface area (Å²) in [6.07, 6.45) is 0. The Balaban J connectivity index is 1.45. The maximum atomic E-state index is 11.0. The predicted octanol–water partition coefficient (Wildman–Crippen LogP) is 3.13. The molecule has 0 radical (unpaired) electrons. The highest BCUT2D eigenvalue weighted by Gasteiger charge is 2.45. The number of aromatic carboxylic acids is 1. The highest BCUT2D eigenvalue weighted by atomic mass is 16.5. The van der Waals surface area contributed by atoms with E-state index < -0.39 is 5.97 Å². The van der Waals surface area contributed by atoms with Crippen LogP contribution in [0.1, 0.15) is 27.5 Å². The number of carbonyl (C=O) groups is 1. The van der Waals surface area contributed by atoms with E-state index in [-0.39, 0.29) is 0 Å². The van der Waals surface area contributed by atoms with E-state index in [1.807, 2.05) is 24.3 Å². The lowest BCUT2D eigenvalue weighted by Crippen LogP contribution is -2.28. The van der Waals surface area contributed by atoms with Gasteiger partial charge in [0.05, 0.1) is 12.7 Å². The van der Waals surface area contributed by atoms with Gasteiger partial charge in [-0.1, -0.05) is 24.3 Å². The highest BCUT2D eigenvalue weighted by molar-refractivity contribution is 5.87. The number of likely N-dealkylation sites (tertiary alicyclic amines) is 2. The standard InChI is InChI=1S/C22H26N2O3/c1-23-12-18-13-24(11-15-3-5-17(6-4-15)22(25)26)14-20(18)21(23)16-7-9-19(27-2)10-8-16/h3-10,18,20-21H,11-14H2,1-2H3,(H,25,26)/t18-,20+,21+/m0/s1. The van der Waals surface area contributed by atoms with Crippen LogP contribution in [-0.4, -0.2) is 54.7 Å². The van der Waals surface area contributed by atoms with Crippen LogP contribution < -0.4 is 4.74 Å². The monoisotopic (exact) mass is 366 g/mol. The third-order valence-electron chi connectivity index (χ3n) is 6.03. The summed E-state index contributed by atoms with van der Waals surface area (Å²) in [7, 11) is 3.92. The first-order valence-corrected chi connectivity index (χ1v) is 9.44. The molecule has 0 spiro atoms. The molecule has 2 fully saturated rings. The molecule has 0 amide bonds. The summed E-state index contributed by atoms with van der Waals surface area (Å²) in [5, 5.41) is 9.04. The SMILES string of the molecule is COc1ccc([C@@H]2[C@@H]3CN(Cc4ccc(C(=O)O)cc4)C[C@@H]3CN2C)cc1. The summed E-state index contributed by atoms with van der Waals surface area (Å²) in [6, 6.07) is 16.2. The summed E-state index contributed by atoms with van der Waals surface area (Å²) in [5.41, 5.74) is 2.88. The van der Waals surface area contributed by atoms with Gasteiger partial charge in [-0.15, -0.1) is 0 Å². The molecule has 4 rings (SSSR count). The molecule has 0 bridgehead atoms. The van der Waals surface area contributed by atoms with Crippen molar-refractivity contribution in [2.75, 3.05) is 33.8 Å². The van der Waals surface area contributed by atoms with Crippen LogP contribution in [0.4, 0.5) is 0 Å². The molecule has 0 unspecified atom stereocenters. The minimum absolute atomic E-state index is 0.346. The van der Waals surface area contributed by atoms with Crippen LogP contribution in [-0.2, 0) is 6.54 Å². The number of carboxylic acid groups (broad SMARTS) is 1. The Morgan fingerprint density at radius 1 is 1.07 bits per heavy atom. The van der Waals surface area contributed by atoms with Gasteiger partial charge in [-0.25, -0.2) is 4.79 Å². The van der Waals surface area contributed by atoms with Gasteiger partial charge in [0.15, 0.2) is 0 Å². The topological polar surface area (TPSA) is 53.0 Å². The molecule has 2 heterocycles. The fourth-order valence-electron chi connectivity index (χ4n) is 4.79. The van der Waals surface area contributed by atoms with Gasteiger partial charge in [-0.3, -0.25) is 9.80 Å². The predicted molar refractivity (Wildman–Crippen MR) is 104 cm³/mol. The average Bonchev–Trinajstić information content (AvgIpc) is 3.18. The van der Waals surface area contributed by atoms with Crippen LogP contribution in [0.15, 0.2) is 48.5 Å². The second-order valence-corrected chi connectivity index (χ2v) is 7.78. The van der Waals surface area contributed by atoms with Gasteiger partial charge in [0.25, 0.3) is 0 Å². The first-order chi connectivity index (χ1) is 13.0. The van der Waals surface area contributed by atoms with Crippen LogP contribution >= 0.6 is 0 Å². The molecule has 2 aliphatic heterocycles. The van der Waals surface area contributed by atoms with Crippen LogP contribution in [0.5, 0.6) is 5.75 Å². The number of carboxylic acids is 1. The molecule has 2 aromatic carbocycles. The zero-order valence-corrected chi connectivity index (χ0v) is 15.8. The first-order valence-electron chi connectivity index (χ1n) is 9.44. The van der Waals surface area contributed by atoms with Gasteiger partial charge in [0.2, 0.25) is 0 Å². The largest absolute Gasteiger partial charge is 0.497 e. The molecule has 5 heteroatoms. The van der Waals surface area contributed by atoms with Crippen molar-refractivity contribution in [3.05, 3.63) is 65.2 Å². The molecule has 2 aromatic rings. The fraction of sp³-hybridized carbons (Fsp3) is 0.409. The van der Waals surface area contributed by atoms with E-state index in [0.29, 0.717) is 23.4 Å². The third-order valence-corrected chi connectivity index (χ3v) is 6.03. The fourth-order valence-corrected chi connectivity index (χ4v) is 4.79. The summed E-state index contributed by atoms with van der Waals surface area (Å²) < 4.78 is 5.29. The van der Waals surface area contributed by atoms with Crippen LogP contribution in [0.3, 0.4) is 0 Å². The van der Waals surface area contributed by atoms with Gasteiger partial charge < -0.3 is 9.84 Å². The number of nitrogens with zero attached hydrogens (tertiary/aromatic N) is 2. The summed E-state index contributed by atoms with van der Waals surface area (Å²) in [6.45, 7) is 4.18. The molecule has 3 atom stereocenters. The van der Waals surface area contributed by atoms with E-state index >= 15 is 0 Å². The van der Waals surface area contributed by atoms with Gasteiger partial charge in [0.1, 0.15) is 5.75 Å². The number of fused-ring (bicyclic) bond motifs is 1. The summed E-state index contributed by atoms with van der Waals surface area (Å²) in [5.74, 6) is 1.33. The van der Waals surface area contributed by atoms with Crippen molar-refractivity contribution in [3.8, 4) is 5.75 Å². The van der Waals surface area contributed by atoms with Gasteiger partial charge >= 0.3 is 5.97 Å². The average molecular weight is 366 g/mol. The van der Waals surface area contributed by atoms with Crippen molar-refractivity contribution in [2.45, 2.75) is 12.6 Å². The van der Waals surface area contributed by atoms with Crippen LogP contribution in [0, 0.1) is 11.8 Å². The smallest absolute Gasteiger partial charge is 0.335 e. The number of hydrogen-bond acceptors (Lipinski definition) is 4. The number of methoxy groups -OCH3 is 1. The van der Waals surface area contributed by atoms with Crippen LogP contribution in [0.2, 0.25) is 0 Å². The number of ether oxygens (including phenoxy) is 1. The second kappa shape index (κ2) is 7.33. The van der Waals surface area contributed by atoms with Crippen molar-refractivity contribution >= 4 is 5.97 Å². The normalized spacial score (nSPS) is 25.5. The zero-order valence-electron chi connectivity index (χ0n) is 15.8. The number of rotatable bonds is 5. The molecule has 2 aliphatic rings. The molecule has 0 aliphatic carbocycles. The minimum atomic E-state index is -0.873. The molecule has 0 saturated carbocycles. The Kier molecular flexibility index (Phi) is 4.89. The molecule has 2 saturated heterocycles. The molecule has 27 heavy (non-hydrogen) atoms. The van der Waals surface area contributed by atoms with E-state index in [0.717, 1.165) is 31.9 Å². The Labute approximate surface area is 160 Å². The number of hydrogen-bond donors (Lipinski definition) is 1. The van der Waals surface area contributed by atoms with Gasteiger partial charge in [0, 0.05) is 32.2 Å². The van der Waals surface area contributed by atoms with Crippen molar-refractivity contribution in [3.63, 3.8) is 0 Å². The third kappa shape index (κ3) is 3.57. The lowest BCUT2D eigenvalue weighted by molar-refractivity contribution is 0.0697. The zero-order chi connectivity index (χ0) is 19.0. The highest BCUT2D eigenvalue weighted by Crippen LogP contribution is 2.44. The van der Waals surface area contributed by atoms with Crippen molar-refractivity contribution in [1.82, 2.24) is 9.80 Å².